The SMILES string of the molecule is C=C1Oc2cc(OC)cc(C(=O)OC3COC(=O)C[C@H](N)c4cc(O)c(c(Cl)c4)O[C@@H]4C#CC=C3C#CCC3=CC=CC34OC3OC(C)(C)[C@@H](N(C)C)[C@@H](O)[C@H]3O)c2NC1=O. The van der Waals surface area contributed by atoms with Gasteiger partial charge in [-0.1, -0.05) is 54.0 Å². The van der Waals surface area contributed by atoms with E-state index in [-0.39, 0.29) is 63.3 Å². The lowest BCUT2D eigenvalue weighted by Gasteiger charge is -2.51. The molecule has 4 heterocycles. The van der Waals surface area contributed by atoms with Crippen LogP contribution in [0.1, 0.15) is 48.7 Å². The Morgan fingerprint density at radius 1 is 1.15 bits per heavy atom. The molecule has 16 nitrogen and oxygen atoms in total. The molecule has 8 rings (SSSR count). The molecule has 0 radical (unpaired) electrons. The molecule has 4 aliphatic heterocycles. The van der Waals surface area contributed by atoms with Crippen LogP contribution in [0, 0.1) is 23.7 Å². The van der Waals surface area contributed by atoms with Crippen molar-refractivity contribution in [3.63, 3.8) is 0 Å². The number of anilines is 1. The van der Waals surface area contributed by atoms with E-state index in [9.17, 15) is 29.7 Å². The Morgan fingerprint density at radius 2 is 1.92 bits per heavy atom. The van der Waals surface area contributed by atoms with E-state index in [1.54, 1.807) is 51.1 Å². The molecule has 6 aliphatic rings. The van der Waals surface area contributed by atoms with Crippen LogP contribution in [0.4, 0.5) is 5.69 Å². The highest BCUT2D eigenvalue weighted by Gasteiger charge is 2.55. The predicted octanol–water partition coefficient (Wildman–Crippen LogP) is 3.19. The molecule has 4 bridgehead atoms. The number of hydrogen-bond acceptors (Lipinski definition) is 15. The van der Waals surface area contributed by atoms with Crippen molar-refractivity contribution < 1.29 is 62.9 Å². The summed E-state index contributed by atoms with van der Waals surface area (Å²) in [5.74, 6) is 9.04. The number of aromatic hydroxyl groups is 1. The van der Waals surface area contributed by atoms with Gasteiger partial charge in [-0.15, -0.1) is 0 Å². The molecule has 320 valence electrons. The zero-order valence-electron chi connectivity index (χ0n) is 33.8. The number of aliphatic hydroxyl groups is 2. The average Bonchev–Trinajstić information content (AvgIpc) is 3.60. The molecule has 6 N–H and O–H groups in total. The van der Waals surface area contributed by atoms with Gasteiger partial charge in [-0.2, -0.15) is 0 Å². The fourth-order valence-electron chi connectivity index (χ4n) is 7.85. The molecular weight excluding hydrogens is 814 g/mol. The van der Waals surface area contributed by atoms with Crippen LogP contribution in [-0.2, 0) is 28.5 Å². The summed E-state index contributed by atoms with van der Waals surface area (Å²) in [4.78, 5) is 41.6. The molecular formula is C44H44ClN3O13. The summed E-state index contributed by atoms with van der Waals surface area (Å²) in [6.45, 7) is 6.57. The molecule has 1 fully saturated rings. The number of carbonyl (C=O) groups excluding carboxylic acids is 3. The maximum absolute atomic E-state index is 14.1. The number of hydrogen-bond donors (Lipinski definition) is 5. The minimum absolute atomic E-state index is 0.00464. The number of phenolic OH excluding ortho intramolecular Hbond substituents is 1. The summed E-state index contributed by atoms with van der Waals surface area (Å²) >= 11 is 6.73. The molecule has 17 heteroatoms. The van der Waals surface area contributed by atoms with Crippen LogP contribution in [0.25, 0.3) is 0 Å². The number of allylic oxidation sites excluding steroid dienone is 3. The van der Waals surface area contributed by atoms with Gasteiger partial charge in [-0.25, -0.2) is 4.79 Å². The van der Waals surface area contributed by atoms with Crippen LogP contribution in [0.3, 0.4) is 0 Å². The van der Waals surface area contributed by atoms with Crippen LogP contribution in [0.5, 0.6) is 23.0 Å². The summed E-state index contributed by atoms with van der Waals surface area (Å²) in [7, 11) is 4.90. The molecule has 2 aliphatic carbocycles. The third-order valence-corrected chi connectivity index (χ3v) is 11.1. The zero-order valence-corrected chi connectivity index (χ0v) is 34.6. The van der Waals surface area contributed by atoms with Crippen molar-refractivity contribution in [3.8, 4) is 46.7 Å². The van der Waals surface area contributed by atoms with Crippen molar-refractivity contribution in [1.82, 2.24) is 4.90 Å². The topological polar surface area (TPSA) is 218 Å². The predicted molar refractivity (Wildman–Crippen MR) is 218 cm³/mol. The van der Waals surface area contributed by atoms with Crippen LogP contribution in [0.15, 0.2) is 72.1 Å². The number of ether oxygens (including phenoxy) is 7. The van der Waals surface area contributed by atoms with E-state index in [4.69, 9.17) is 50.5 Å². The zero-order chi connectivity index (χ0) is 44.0. The number of nitrogens with zero attached hydrogens (tertiary/aromatic N) is 1. The molecule has 61 heavy (non-hydrogen) atoms. The number of phenols is 1. The van der Waals surface area contributed by atoms with E-state index in [0.717, 1.165) is 0 Å². The lowest BCUT2D eigenvalue weighted by molar-refractivity contribution is -0.330. The first kappa shape index (κ1) is 43.3. The monoisotopic (exact) mass is 857 g/mol. The number of nitrogens with one attached hydrogen (secondary N) is 1. The van der Waals surface area contributed by atoms with Crippen LogP contribution >= 0.6 is 11.6 Å². The Hall–Kier alpha value is -5.82. The van der Waals surface area contributed by atoms with Gasteiger partial charge >= 0.3 is 11.9 Å². The van der Waals surface area contributed by atoms with E-state index >= 15 is 0 Å². The van der Waals surface area contributed by atoms with Gasteiger partial charge in [0.05, 0.1) is 47.0 Å². The van der Waals surface area contributed by atoms with Crippen LogP contribution in [0.2, 0.25) is 5.02 Å². The van der Waals surface area contributed by atoms with E-state index in [0.29, 0.717) is 5.57 Å². The van der Waals surface area contributed by atoms with Crippen LogP contribution in [-0.4, -0.2) is 114 Å². The van der Waals surface area contributed by atoms with Crippen LogP contribution < -0.4 is 25.3 Å². The van der Waals surface area contributed by atoms with E-state index in [2.05, 4.69) is 35.6 Å². The number of benzene rings is 2. The van der Waals surface area contributed by atoms with Gasteiger partial charge in [0.1, 0.15) is 24.6 Å². The number of carbonyl (C=O) groups is 3. The fraction of sp³-hybridized carbons (Fsp3) is 0.386. The molecule has 2 aromatic rings. The number of fused-ring (bicyclic) bond motifs is 9. The highest BCUT2D eigenvalue weighted by atomic mass is 35.5. The summed E-state index contributed by atoms with van der Waals surface area (Å²) in [6.07, 6.45) is -1.04. The third-order valence-electron chi connectivity index (χ3n) is 10.8. The van der Waals surface area contributed by atoms with Gasteiger partial charge < -0.3 is 64.4 Å². The lowest BCUT2D eigenvalue weighted by Crippen LogP contribution is -2.68. The summed E-state index contributed by atoms with van der Waals surface area (Å²) in [5, 5.41) is 36.7. The van der Waals surface area contributed by atoms with Crippen molar-refractivity contribution in [1.29, 1.82) is 0 Å². The first-order valence-electron chi connectivity index (χ1n) is 19.1. The summed E-state index contributed by atoms with van der Waals surface area (Å²) < 4.78 is 42.1. The Balaban J connectivity index is 1.33. The smallest absolute Gasteiger partial charge is 0.341 e. The van der Waals surface area contributed by atoms with Crippen molar-refractivity contribution in [2.24, 2.45) is 5.73 Å². The first-order valence-corrected chi connectivity index (χ1v) is 19.5. The number of rotatable bonds is 6. The molecule has 8 atom stereocenters. The molecule has 2 aromatic carbocycles. The maximum atomic E-state index is 14.1. The largest absolute Gasteiger partial charge is 0.504 e. The number of esters is 2. The summed E-state index contributed by atoms with van der Waals surface area (Å²) in [5.41, 5.74) is 4.38. The van der Waals surface area contributed by atoms with Gasteiger partial charge in [-0.3, -0.25) is 9.59 Å². The Bertz CT molecular complexity index is 2380. The molecule has 0 saturated carbocycles. The van der Waals surface area contributed by atoms with E-state index in [1.165, 1.54) is 37.5 Å². The Morgan fingerprint density at radius 3 is 2.64 bits per heavy atom. The Kier molecular flexibility index (Phi) is 12.0. The minimum atomic E-state index is -1.67. The first-order chi connectivity index (χ1) is 28.9. The summed E-state index contributed by atoms with van der Waals surface area (Å²) in [6, 6.07) is 3.89. The maximum Gasteiger partial charge on any atom is 0.341 e. The normalized spacial score (nSPS) is 29.0. The second kappa shape index (κ2) is 16.9. The van der Waals surface area contributed by atoms with Gasteiger partial charge in [0.2, 0.25) is 0 Å². The number of methoxy groups -OCH3 is 1. The lowest BCUT2D eigenvalue weighted by atomic mass is 9.85. The highest BCUT2D eigenvalue weighted by Crippen LogP contribution is 2.45. The van der Waals surface area contributed by atoms with Gasteiger partial charge in [0.25, 0.3) is 5.91 Å². The van der Waals surface area contributed by atoms with Gasteiger partial charge in [0.15, 0.2) is 47.1 Å². The fourth-order valence-corrected chi connectivity index (χ4v) is 8.12. The standard InChI is InChI=1S/C44H44ClN3O13/c1-22-40(53)47-35-27(18-26(55-6)19-31(35)57-22)41(54)58-32-21-56-34(50)20-29(46)24-16-28(45)38(30(49)17-24)59-33-14-8-11-23(32)10-7-12-25-13-9-15-44(25,33)61-42-37(52)36(51)39(48(4)5)43(2,3)60-42/h9,11,13,15-19,29,32-33,36-37,39,42,49,51-52H,1,12,20-21,46H2,2-6H3,(H,47,53)/t29-,32?,33+,36-,37+,39-,42?,44?/m0/s1. The molecule has 1 saturated heterocycles. The molecule has 0 aromatic heterocycles. The number of nitrogens with two attached hydrogens (primary N) is 1. The third kappa shape index (κ3) is 8.44. The Labute approximate surface area is 356 Å². The van der Waals surface area contributed by atoms with Gasteiger partial charge in [-0.05, 0) is 63.4 Å². The number of halogens is 1. The van der Waals surface area contributed by atoms with Crippen molar-refractivity contribution in [2.75, 3.05) is 33.1 Å². The molecule has 3 unspecified atom stereocenters. The number of amides is 1. The minimum Gasteiger partial charge on any atom is -0.504 e. The van der Waals surface area contributed by atoms with E-state index in [1.807, 2.05) is 0 Å². The quantitative estimate of drug-likeness (QED) is 0.160. The average molecular weight is 858 g/mol. The van der Waals surface area contributed by atoms with E-state index < -0.39 is 84.2 Å². The molecule has 0 spiro atoms. The molecule has 1 amide bonds. The second-order valence-electron chi connectivity index (χ2n) is 15.6. The van der Waals surface area contributed by atoms with Crippen molar-refractivity contribution in [3.05, 3.63) is 88.2 Å². The van der Waals surface area contributed by atoms with Crippen molar-refractivity contribution in [2.45, 2.75) is 80.7 Å². The number of likely N-dealkylation sites (N-methyl/N-ethyl adjacent to an activating group) is 1. The van der Waals surface area contributed by atoms with Gasteiger partial charge in [0, 0.05) is 24.6 Å². The number of aliphatic hydroxyl groups excluding tert-OH is 2. The van der Waals surface area contributed by atoms with Crippen molar-refractivity contribution >= 4 is 35.1 Å². The second-order valence-corrected chi connectivity index (χ2v) is 16.0. The highest BCUT2D eigenvalue weighted by molar-refractivity contribution is 6.32.